The molecular formula is C25H21N4O5S2+. The number of nitrogens with two attached hydrogens (primary N) is 1. The molecule has 9 nitrogen and oxygen atoms in total. The van der Waals surface area contributed by atoms with Gasteiger partial charge in [0.15, 0.2) is 5.78 Å². The monoisotopic (exact) mass is 521 g/mol. The Labute approximate surface area is 212 Å². The molecule has 0 aliphatic rings. The summed E-state index contributed by atoms with van der Waals surface area (Å²) in [5.41, 5.74) is 7.80. The van der Waals surface area contributed by atoms with E-state index in [1.807, 2.05) is 19.1 Å². The van der Waals surface area contributed by atoms with Crippen molar-refractivity contribution in [3.8, 4) is 21.9 Å². The molecule has 182 valence electrons. The van der Waals surface area contributed by atoms with Crippen LogP contribution in [0.4, 0.5) is 5.69 Å². The van der Waals surface area contributed by atoms with Gasteiger partial charge in [0.25, 0.3) is 5.78 Å². The van der Waals surface area contributed by atoms with Gasteiger partial charge < -0.3 is 10.5 Å². The number of nitrogens with zero attached hydrogens (tertiary/aromatic N) is 2. The number of fused-ring (bicyclic) bond motifs is 1. The first-order valence-corrected chi connectivity index (χ1v) is 12.5. The largest absolute Gasteiger partial charge is 0.497 e. The summed E-state index contributed by atoms with van der Waals surface area (Å²) in [6.45, 7) is 5.22. The van der Waals surface area contributed by atoms with Gasteiger partial charge in [-0.2, -0.15) is 0 Å². The molecule has 0 radical (unpaired) electrons. The van der Waals surface area contributed by atoms with Gasteiger partial charge in [0.05, 0.1) is 18.5 Å². The maximum absolute atomic E-state index is 13.7. The highest BCUT2D eigenvalue weighted by atomic mass is 32.1. The molecule has 0 bridgehead atoms. The molecule has 4 heterocycles. The lowest BCUT2D eigenvalue weighted by Crippen LogP contribution is -2.41. The zero-order valence-corrected chi connectivity index (χ0v) is 21.4. The van der Waals surface area contributed by atoms with E-state index in [-0.39, 0.29) is 22.0 Å². The van der Waals surface area contributed by atoms with Crippen molar-refractivity contribution in [2.45, 2.75) is 20.8 Å². The first-order valence-electron chi connectivity index (χ1n) is 10.8. The maximum atomic E-state index is 13.7. The fraction of sp³-hybridized carbons (Fsp3) is 0.160. The molecule has 0 unspecified atom stereocenters. The number of pyridine rings is 1. The average molecular weight is 522 g/mol. The van der Waals surface area contributed by atoms with Gasteiger partial charge in [-0.25, -0.2) is 9.78 Å². The second-order valence-corrected chi connectivity index (χ2v) is 10.4. The van der Waals surface area contributed by atoms with Gasteiger partial charge in [-0.1, -0.05) is 0 Å². The number of nitrogens with one attached hydrogen (secondary N) is 1. The number of aryl methyl sites for hydroxylation is 2. The summed E-state index contributed by atoms with van der Waals surface area (Å²) in [4.78, 5) is 46.1. The number of aromatic nitrogens is 3. The van der Waals surface area contributed by atoms with Gasteiger partial charge in [0, 0.05) is 38.4 Å². The summed E-state index contributed by atoms with van der Waals surface area (Å²) in [5, 5.41) is 3.00. The van der Waals surface area contributed by atoms with Crippen molar-refractivity contribution in [2.75, 3.05) is 12.8 Å². The Morgan fingerprint density at radius 2 is 1.83 bits per heavy atom. The normalized spacial score (nSPS) is 11.2. The highest BCUT2D eigenvalue weighted by molar-refractivity contribution is 7.21. The quantitative estimate of drug-likeness (QED) is 0.252. The number of carbonyl (C=O) groups is 2. The number of hydrogen-bond donors (Lipinski definition) is 2. The molecule has 36 heavy (non-hydrogen) atoms. The number of Topliss-reactive ketones (excluding diaryl/α,β-unsaturated/α-hetero) is 1. The minimum atomic E-state index is -0.838. The van der Waals surface area contributed by atoms with E-state index in [2.05, 4.69) is 10.3 Å². The van der Waals surface area contributed by atoms with E-state index in [9.17, 15) is 14.4 Å². The van der Waals surface area contributed by atoms with Crippen LogP contribution in [-0.4, -0.2) is 28.9 Å². The smallest absolute Gasteiger partial charge is 0.439 e. The highest BCUT2D eigenvalue weighted by Gasteiger charge is 2.35. The minimum absolute atomic E-state index is 0.140. The Bertz CT molecular complexity index is 1720. The molecule has 0 saturated carbocycles. The fourth-order valence-corrected chi connectivity index (χ4v) is 6.18. The van der Waals surface area contributed by atoms with Crippen LogP contribution in [0.15, 0.2) is 45.7 Å². The lowest BCUT2D eigenvalue weighted by atomic mass is 9.98. The number of methoxy groups -OCH3 is 1. The van der Waals surface area contributed by atoms with Gasteiger partial charge in [-0.15, -0.1) is 22.7 Å². The zero-order valence-electron chi connectivity index (χ0n) is 19.8. The molecule has 5 rings (SSSR count). The number of ketones is 2. The van der Waals surface area contributed by atoms with Crippen molar-refractivity contribution in [3.05, 3.63) is 73.5 Å². The van der Waals surface area contributed by atoms with Gasteiger partial charge in [-0.05, 0) is 55.0 Å². The lowest BCUT2D eigenvalue weighted by Gasteiger charge is -2.11. The van der Waals surface area contributed by atoms with Crippen molar-refractivity contribution in [2.24, 2.45) is 0 Å². The van der Waals surface area contributed by atoms with Crippen molar-refractivity contribution in [1.29, 1.82) is 0 Å². The third-order valence-corrected chi connectivity index (χ3v) is 7.91. The molecule has 0 saturated heterocycles. The number of carbonyl (C=O) groups excluding carboxylic acids is 2. The first kappa shape index (κ1) is 23.6. The fourth-order valence-electron chi connectivity index (χ4n) is 4.17. The molecule has 1 aromatic carbocycles. The van der Waals surface area contributed by atoms with Gasteiger partial charge in [0.2, 0.25) is 5.69 Å². The van der Waals surface area contributed by atoms with E-state index in [4.69, 9.17) is 15.0 Å². The molecule has 11 heteroatoms. The highest BCUT2D eigenvalue weighted by Crippen LogP contribution is 2.44. The number of nitrogen functional groups attached to an aromatic ring is 1. The lowest BCUT2D eigenvalue weighted by molar-refractivity contribution is -0.672. The van der Waals surface area contributed by atoms with Crippen molar-refractivity contribution >= 4 is 50.1 Å². The van der Waals surface area contributed by atoms with Crippen LogP contribution >= 0.6 is 22.7 Å². The third kappa shape index (κ3) is 3.73. The Morgan fingerprint density at radius 3 is 2.44 bits per heavy atom. The minimum Gasteiger partial charge on any atom is -0.497 e. The third-order valence-electron chi connectivity index (χ3n) is 5.79. The first-order chi connectivity index (χ1) is 17.2. The van der Waals surface area contributed by atoms with Gasteiger partial charge >= 0.3 is 11.3 Å². The van der Waals surface area contributed by atoms with E-state index in [0.29, 0.717) is 38.5 Å². The van der Waals surface area contributed by atoms with E-state index >= 15 is 0 Å². The molecule has 0 fully saturated rings. The number of aromatic amines is 1. The molecule has 5 aromatic rings. The number of hydrogen-bond acceptors (Lipinski definition) is 9. The summed E-state index contributed by atoms with van der Waals surface area (Å²) in [6, 6.07) is 10.6. The van der Waals surface area contributed by atoms with E-state index in [1.165, 1.54) is 22.9 Å². The van der Waals surface area contributed by atoms with E-state index in [1.54, 1.807) is 38.3 Å². The van der Waals surface area contributed by atoms with Crippen molar-refractivity contribution < 1.29 is 23.5 Å². The SMILES string of the molecule is COc1ccc(-[n+]2[nH]oc(=O)c2C(=O)c2sc3nc(C)c(C(C)=O)c(-c4ccc(C)s4)c3c2N)cc1. The number of thiophene rings is 2. The molecule has 0 amide bonds. The molecular weight excluding hydrogens is 500 g/mol. The summed E-state index contributed by atoms with van der Waals surface area (Å²) in [5.74, 6) is -0.146. The number of rotatable bonds is 6. The van der Waals surface area contributed by atoms with E-state index < -0.39 is 11.4 Å². The summed E-state index contributed by atoms with van der Waals surface area (Å²) in [7, 11) is 1.54. The predicted molar refractivity (Wildman–Crippen MR) is 138 cm³/mol. The predicted octanol–water partition coefficient (Wildman–Crippen LogP) is 4.22. The van der Waals surface area contributed by atoms with Gasteiger partial charge in [-0.3, -0.25) is 14.1 Å². The second-order valence-electron chi connectivity index (χ2n) is 8.13. The molecule has 3 N–H and O–H groups in total. The van der Waals surface area contributed by atoms with Crippen molar-refractivity contribution in [3.63, 3.8) is 0 Å². The van der Waals surface area contributed by atoms with Gasteiger partial charge in [0.1, 0.15) is 15.5 Å². The second kappa shape index (κ2) is 8.85. The number of anilines is 1. The Morgan fingerprint density at radius 1 is 1.11 bits per heavy atom. The van der Waals surface area contributed by atoms with Crippen LogP contribution in [0.25, 0.3) is 26.3 Å². The van der Waals surface area contributed by atoms with Crippen LogP contribution in [0.3, 0.4) is 0 Å². The summed E-state index contributed by atoms with van der Waals surface area (Å²) < 4.78 is 11.4. The molecule has 0 aliphatic carbocycles. The average Bonchev–Trinajstić information content (AvgIpc) is 3.54. The standard InChI is InChI=1S/C25H20N4O5S2/c1-11-5-10-16(35-11)18-17(13(3)30)12(2)27-24-19(18)20(26)23(36-24)22(31)21-25(32)34-28-29(21)14-6-8-15(33-4)9-7-14/h5-10H,1-4H3,(H2-,26,28,31,32)/p+1. The molecule has 0 aliphatic heterocycles. The Hall–Kier alpha value is -4.09. The zero-order chi connectivity index (χ0) is 25.7. The van der Waals surface area contributed by atoms with Crippen LogP contribution < -0.4 is 20.8 Å². The number of ether oxygens (including phenoxy) is 1. The van der Waals surface area contributed by atoms with Crippen LogP contribution in [0.1, 0.15) is 43.2 Å². The van der Waals surface area contributed by atoms with Crippen LogP contribution in [0.2, 0.25) is 0 Å². The Kier molecular flexibility index (Phi) is 5.81. The van der Waals surface area contributed by atoms with Crippen LogP contribution in [-0.2, 0) is 0 Å². The number of H-pyrrole nitrogens is 1. The van der Waals surface area contributed by atoms with Crippen LogP contribution in [0.5, 0.6) is 5.75 Å². The molecule has 0 atom stereocenters. The maximum Gasteiger partial charge on any atom is 0.439 e. The topological polar surface area (TPSA) is 132 Å². The summed E-state index contributed by atoms with van der Waals surface area (Å²) in [6.07, 6.45) is 0. The molecule has 0 spiro atoms. The molecule has 4 aromatic heterocycles. The Balaban J connectivity index is 1.73. The number of benzene rings is 1. The van der Waals surface area contributed by atoms with E-state index in [0.717, 1.165) is 21.1 Å². The van der Waals surface area contributed by atoms with Crippen LogP contribution in [0, 0.1) is 13.8 Å². The summed E-state index contributed by atoms with van der Waals surface area (Å²) >= 11 is 2.60. The van der Waals surface area contributed by atoms with Crippen molar-refractivity contribution in [1.82, 2.24) is 10.3 Å².